The average Bonchev–Trinajstić information content (AvgIpc) is 2.71. The van der Waals surface area contributed by atoms with Gasteiger partial charge in [-0.1, -0.05) is 12.1 Å². The lowest BCUT2D eigenvalue weighted by Gasteiger charge is -2.34. The first-order chi connectivity index (χ1) is 8.77. The van der Waals surface area contributed by atoms with Crippen molar-refractivity contribution in [1.82, 2.24) is 10.1 Å². The molecule has 0 amide bonds. The molecule has 0 aliphatic heterocycles. The zero-order valence-electron chi connectivity index (χ0n) is 10.1. The van der Waals surface area contributed by atoms with Crippen molar-refractivity contribution in [2.45, 2.75) is 43.1 Å². The molecule has 2 rings (SSSR count). The van der Waals surface area contributed by atoms with Gasteiger partial charge in [-0.25, -0.2) is 0 Å². The van der Waals surface area contributed by atoms with Crippen molar-refractivity contribution in [3.05, 3.63) is 11.7 Å². The van der Waals surface area contributed by atoms with Gasteiger partial charge in [0.1, 0.15) is 0 Å². The van der Waals surface area contributed by atoms with Crippen molar-refractivity contribution in [3.63, 3.8) is 0 Å². The zero-order chi connectivity index (χ0) is 14.2. The maximum Gasteiger partial charge on any atom is 0.471 e. The topological polar surface area (TPSA) is 38.9 Å². The highest BCUT2D eigenvalue weighted by molar-refractivity contribution is 6.24. The van der Waals surface area contributed by atoms with Gasteiger partial charge in [-0.15, -0.1) is 23.2 Å². The molecule has 1 aromatic rings. The molecule has 1 fully saturated rings. The van der Waals surface area contributed by atoms with Crippen LogP contribution in [0.5, 0.6) is 0 Å². The Labute approximate surface area is 118 Å². The van der Waals surface area contributed by atoms with E-state index in [4.69, 9.17) is 23.2 Å². The fourth-order valence-corrected chi connectivity index (χ4v) is 3.57. The zero-order valence-corrected chi connectivity index (χ0v) is 11.6. The minimum absolute atomic E-state index is 0.00294. The molecule has 2 atom stereocenters. The normalized spacial score (nSPS) is 32.5. The number of aromatic nitrogens is 2. The SMILES string of the molecule is CC1CC(Cl)C(Cc2noc(C(F)(F)F)n2)C(Cl)C1. The smallest absolute Gasteiger partial charge is 0.329 e. The van der Waals surface area contributed by atoms with E-state index in [0.717, 1.165) is 12.8 Å². The Bertz CT molecular complexity index is 426. The maximum atomic E-state index is 12.3. The fourth-order valence-electron chi connectivity index (χ4n) is 2.36. The van der Waals surface area contributed by atoms with Gasteiger partial charge < -0.3 is 4.52 Å². The molecule has 1 saturated carbocycles. The van der Waals surface area contributed by atoms with Crippen LogP contribution in [0.1, 0.15) is 31.5 Å². The van der Waals surface area contributed by atoms with E-state index >= 15 is 0 Å². The second kappa shape index (κ2) is 5.48. The fraction of sp³-hybridized carbons (Fsp3) is 0.818. The molecule has 0 spiro atoms. The van der Waals surface area contributed by atoms with Gasteiger partial charge in [-0.2, -0.15) is 18.2 Å². The third kappa shape index (κ3) is 3.54. The van der Waals surface area contributed by atoms with E-state index in [1.54, 1.807) is 0 Å². The summed E-state index contributed by atoms with van der Waals surface area (Å²) < 4.78 is 41.2. The molecule has 0 N–H and O–H groups in total. The minimum Gasteiger partial charge on any atom is -0.329 e. The number of alkyl halides is 5. The number of halogens is 5. The number of hydrogen-bond acceptors (Lipinski definition) is 3. The van der Waals surface area contributed by atoms with Crippen molar-refractivity contribution < 1.29 is 17.7 Å². The molecule has 19 heavy (non-hydrogen) atoms. The Kier molecular flexibility index (Phi) is 4.30. The molecule has 8 heteroatoms. The van der Waals surface area contributed by atoms with Crippen LogP contribution in [0.2, 0.25) is 0 Å². The van der Waals surface area contributed by atoms with Crippen LogP contribution in [0.3, 0.4) is 0 Å². The van der Waals surface area contributed by atoms with Crippen LogP contribution in [0.25, 0.3) is 0 Å². The molecular weight excluding hydrogens is 304 g/mol. The van der Waals surface area contributed by atoms with Gasteiger partial charge in [0.25, 0.3) is 0 Å². The van der Waals surface area contributed by atoms with Crippen molar-refractivity contribution >= 4 is 23.2 Å². The summed E-state index contributed by atoms with van der Waals surface area (Å²) in [5.41, 5.74) is 0. The van der Waals surface area contributed by atoms with E-state index < -0.39 is 12.1 Å². The lowest BCUT2D eigenvalue weighted by Crippen LogP contribution is -2.35. The van der Waals surface area contributed by atoms with Crippen LogP contribution in [0, 0.1) is 11.8 Å². The van der Waals surface area contributed by atoms with Gasteiger partial charge in [0.05, 0.1) is 0 Å². The Morgan fingerprint density at radius 3 is 2.32 bits per heavy atom. The van der Waals surface area contributed by atoms with E-state index in [0.29, 0.717) is 5.92 Å². The second-order valence-electron chi connectivity index (χ2n) is 4.99. The Morgan fingerprint density at radius 2 is 1.84 bits per heavy atom. The summed E-state index contributed by atoms with van der Waals surface area (Å²) in [6.07, 6.45) is -2.83. The molecule has 0 saturated heterocycles. The van der Waals surface area contributed by atoms with Gasteiger partial charge in [0.15, 0.2) is 5.82 Å². The minimum atomic E-state index is -4.62. The van der Waals surface area contributed by atoms with Crippen molar-refractivity contribution in [3.8, 4) is 0 Å². The molecule has 1 heterocycles. The molecule has 1 aliphatic carbocycles. The molecule has 0 radical (unpaired) electrons. The predicted molar refractivity (Wildman–Crippen MR) is 64.2 cm³/mol. The van der Waals surface area contributed by atoms with E-state index in [2.05, 4.69) is 21.6 Å². The summed E-state index contributed by atoms with van der Waals surface area (Å²) in [6.45, 7) is 2.05. The number of rotatable bonds is 2. The van der Waals surface area contributed by atoms with Crippen LogP contribution in [-0.2, 0) is 12.6 Å². The predicted octanol–water partition coefficient (Wildman–Crippen LogP) is 3.89. The van der Waals surface area contributed by atoms with Gasteiger partial charge in [0, 0.05) is 17.2 Å². The largest absolute Gasteiger partial charge is 0.471 e. The first-order valence-electron chi connectivity index (χ1n) is 5.95. The molecule has 1 aliphatic rings. The summed E-state index contributed by atoms with van der Waals surface area (Å²) in [5, 5.41) is 2.98. The van der Waals surface area contributed by atoms with Gasteiger partial charge in [-0.05, 0) is 24.7 Å². The third-order valence-electron chi connectivity index (χ3n) is 3.31. The first kappa shape index (κ1) is 14.9. The van der Waals surface area contributed by atoms with E-state index in [9.17, 15) is 13.2 Å². The van der Waals surface area contributed by atoms with E-state index in [-0.39, 0.29) is 28.9 Å². The van der Waals surface area contributed by atoms with E-state index in [1.807, 2.05) is 0 Å². The van der Waals surface area contributed by atoms with Crippen molar-refractivity contribution in [1.29, 1.82) is 0 Å². The molecule has 2 unspecified atom stereocenters. The molecule has 1 aromatic heterocycles. The van der Waals surface area contributed by atoms with Crippen LogP contribution >= 0.6 is 23.2 Å². The maximum absolute atomic E-state index is 12.3. The number of hydrogen-bond donors (Lipinski definition) is 0. The van der Waals surface area contributed by atoms with Crippen LogP contribution in [0.15, 0.2) is 4.52 Å². The quantitative estimate of drug-likeness (QED) is 0.777. The van der Waals surface area contributed by atoms with Crippen LogP contribution < -0.4 is 0 Å². The molecule has 0 bridgehead atoms. The lowest BCUT2D eigenvalue weighted by molar-refractivity contribution is -0.159. The summed E-state index contributed by atoms with van der Waals surface area (Å²) in [4.78, 5) is 3.34. The second-order valence-corrected chi connectivity index (χ2v) is 6.11. The van der Waals surface area contributed by atoms with Crippen molar-refractivity contribution in [2.24, 2.45) is 11.8 Å². The van der Waals surface area contributed by atoms with Crippen molar-refractivity contribution in [2.75, 3.05) is 0 Å². The van der Waals surface area contributed by atoms with Gasteiger partial charge >= 0.3 is 12.1 Å². The molecule has 0 aromatic carbocycles. The lowest BCUT2D eigenvalue weighted by atomic mass is 9.80. The molecule has 3 nitrogen and oxygen atoms in total. The van der Waals surface area contributed by atoms with E-state index in [1.165, 1.54) is 0 Å². The summed E-state index contributed by atoms with van der Waals surface area (Å²) in [6, 6.07) is 0. The Hall–Kier alpha value is -0.490. The third-order valence-corrected chi connectivity index (χ3v) is 4.32. The highest BCUT2D eigenvalue weighted by Gasteiger charge is 2.40. The summed E-state index contributed by atoms with van der Waals surface area (Å²) >= 11 is 12.5. The molecular formula is C11H13Cl2F3N2O. The number of nitrogens with zero attached hydrogens (tertiary/aromatic N) is 2. The van der Waals surface area contributed by atoms with Crippen LogP contribution in [-0.4, -0.2) is 20.9 Å². The monoisotopic (exact) mass is 316 g/mol. The standard InChI is InChI=1S/C11H13Cl2F3N2O/c1-5-2-7(12)6(8(13)3-5)4-9-17-10(19-18-9)11(14,15)16/h5-8H,2-4H2,1H3. The van der Waals surface area contributed by atoms with Gasteiger partial charge in [0.2, 0.25) is 0 Å². The van der Waals surface area contributed by atoms with Gasteiger partial charge in [-0.3, -0.25) is 0 Å². The summed E-state index contributed by atoms with van der Waals surface area (Å²) in [7, 11) is 0. The molecule has 108 valence electrons. The Balaban J connectivity index is 2.06. The summed E-state index contributed by atoms with van der Waals surface area (Å²) in [5.74, 6) is -1.05. The highest BCUT2D eigenvalue weighted by atomic mass is 35.5. The Morgan fingerprint density at radius 1 is 1.26 bits per heavy atom. The average molecular weight is 317 g/mol. The van der Waals surface area contributed by atoms with Crippen LogP contribution in [0.4, 0.5) is 13.2 Å². The first-order valence-corrected chi connectivity index (χ1v) is 6.82. The highest BCUT2D eigenvalue weighted by Crippen LogP contribution is 2.37.